The lowest BCUT2D eigenvalue weighted by Crippen LogP contribution is -2.15. The van der Waals surface area contributed by atoms with Gasteiger partial charge in [0.05, 0.1) is 11.4 Å². The first-order chi connectivity index (χ1) is 17.9. The average molecular weight is 595 g/mol. The molecule has 17 heteroatoms. The highest BCUT2D eigenvalue weighted by molar-refractivity contribution is 7.99. The maximum atomic E-state index is 11.9. The molecule has 0 radical (unpaired) electrons. The molecule has 4 aromatic rings. The van der Waals surface area contributed by atoms with Gasteiger partial charge in [0.15, 0.2) is 5.16 Å². The highest BCUT2D eigenvalue weighted by Gasteiger charge is 2.21. The van der Waals surface area contributed by atoms with Gasteiger partial charge in [0.1, 0.15) is 9.79 Å². The topological polar surface area (TPSA) is 204 Å². The fraction of sp³-hybridized carbons (Fsp3) is 0.0952. The van der Waals surface area contributed by atoms with E-state index >= 15 is 0 Å². The van der Waals surface area contributed by atoms with Crippen LogP contribution >= 0.6 is 24.4 Å². The van der Waals surface area contributed by atoms with E-state index in [0.29, 0.717) is 28.0 Å². The highest BCUT2D eigenvalue weighted by Crippen LogP contribution is 2.33. The van der Waals surface area contributed by atoms with Crippen molar-refractivity contribution in [2.24, 2.45) is 10.2 Å². The molecule has 4 N–H and O–H groups in total. The van der Waals surface area contributed by atoms with Crippen LogP contribution in [0.15, 0.2) is 84.6 Å². The molecule has 0 amide bonds. The van der Waals surface area contributed by atoms with Gasteiger partial charge in [0.25, 0.3) is 20.2 Å². The maximum absolute atomic E-state index is 11.9. The largest absolute Gasteiger partial charge is 0.350 e. The van der Waals surface area contributed by atoms with E-state index in [1.165, 1.54) is 30.0 Å². The Kier molecular flexibility index (Phi) is 8.14. The minimum atomic E-state index is -4.77. The molecule has 4 rings (SSSR count). The van der Waals surface area contributed by atoms with E-state index in [2.05, 4.69) is 43.1 Å². The summed E-state index contributed by atoms with van der Waals surface area (Å²) in [6.07, 6.45) is 0. The van der Waals surface area contributed by atoms with Gasteiger partial charge in [-0.3, -0.25) is 14.1 Å². The van der Waals surface area contributed by atoms with Crippen molar-refractivity contribution in [2.45, 2.75) is 14.9 Å². The zero-order chi connectivity index (χ0) is 27.5. The summed E-state index contributed by atoms with van der Waals surface area (Å²) in [6.45, 7) is 0. The normalized spacial score (nSPS) is 12.3. The summed E-state index contributed by atoms with van der Waals surface area (Å²) < 4.78 is 66.7. The van der Waals surface area contributed by atoms with Gasteiger partial charge in [-0.2, -0.15) is 49.7 Å². The summed E-state index contributed by atoms with van der Waals surface area (Å²) in [5, 5.41) is 10.9. The number of thioether (sulfide) groups is 1. The Morgan fingerprint density at radius 3 is 2.24 bits per heavy atom. The molecule has 0 aliphatic carbocycles. The Bertz CT molecular complexity index is 1810. The first-order valence-electron chi connectivity index (χ1n) is 10.5. The third-order valence-corrected chi connectivity index (χ3v) is 8.00. The summed E-state index contributed by atoms with van der Waals surface area (Å²) in [4.78, 5) is 21.1. The van der Waals surface area contributed by atoms with E-state index in [-0.39, 0.29) is 22.4 Å². The minimum absolute atomic E-state index is 0.0896. The third kappa shape index (κ3) is 6.74. The maximum Gasteiger partial charge on any atom is 0.350 e. The van der Waals surface area contributed by atoms with Crippen LogP contribution in [-0.2, 0) is 20.2 Å². The molecule has 0 unspecified atom stereocenters. The van der Waals surface area contributed by atoms with Crippen molar-refractivity contribution in [3.63, 3.8) is 0 Å². The Labute approximate surface area is 225 Å². The molecule has 198 valence electrons. The van der Waals surface area contributed by atoms with Crippen LogP contribution in [0, 0.1) is 0 Å². The number of azo groups is 1. The summed E-state index contributed by atoms with van der Waals surface area (Å²) in [5.41, 5.74) is 0.244. The number of anilines is 2. The molecule has 0 aliphatic heterocycles. The van der Waals surface area contributed by atoms with Gasteiger partial charge in [-0.15, -0.1) is 0 Å². The van der Waals surface area contributed by atoms with E-state index in [1.54, 1.807) is 24.3 Å². The third-order valence-electron chi connectivity index (χ3n) is 4.82. The van der Waals surface area contributed by atoms with Crippen molar-refractivity contribution in [3.8, 4) is 0 Å². The Morgan fingerprint density at radius 1 is 0.895 bits per heavy atom. The second kappa shape index (κ2) is 11.2. The molecule has 0 bridgehead atoms. The molecule has 0 spiro atoms. The van der Waals surface area contributed by atoms with E-state index in [9.17, 15) is 30.7 Å². The van der Waals surface area contributed by atoms with Crippen LogP contribution in [0.2, 0.25) is 0 Å². The van der Waals surface area contributed by atoms with Crippen molar-refractivity contribution in [1.82, 2.24) is 15.0 Å². The lowest BCUT2D eigenvalue weighted by molar-refractivity contribution is 0.481. The van der Waals surface area contributed by atoms with Crippen molar-refractivity contribution in [3.05, 3.63) is 65.1 Å². The van der Waals surface area contributed by atoms with Crippen LogP contribution in [0.4, 0.5) is 23.0 Å². The van der Waals surface area contributed by atoms with Gasteiger partial charge in [-0.1, -0.05) is 23.9 Å². The van der Waals surface area contributed by atoms with Crippen LogP contribution in [0.3, 0.4) is 0 Å². The quantitative estimate of drug-likeness (QED) is 0.0811. The molecule has 3 aromatic carbocycles. The van der Waals surface area contributed by atoms with E-state index in [4.69, 9.17) is 0 Å². The summed E-state index contributed by atoms with van der Waals surface area (Å²) >= 11 is 5.40. The van der Waals surface area contributed by atoms with Crippen LogP contribution in [0.25, 0.3) is 10.8 Å². The molecule has 0 fully saturated rings. The predicted molar refractivity (Wildman–Crippen MR) is 145 cm³/mol. The number of rotatable bonds is 9. The summed E-state index contributed by atoms with van der Waals surface area (Å²) in [7, 11) is -9.48. The highest BCUT2D eigenvalue weighted by atomic mass is 32.2. The standard InChI is InChI=1S/C21H18N6O7S4/c28-20-23-19(24-21(25-20)36-9-8-35)22-12-4-6-13(7-5-12)26-27-14-10-16-15(18(11-14)38(32,33)34)2-1-3-17(16)37(29,30)31/h1-7,10-11,35H,8-9H2,(H,29,30,31)(H,32,33,34)(H2,22,23,24,25,28). The van der Waals surface area contributed by atoms with Crippen molar-refractivity contribution < 1.29 is 25.9 Å². The second-order valence-electron chi connectivity index (χ2n) is 7.47. The van der Waals surface area contributed by atoms with E-state index in [0.717, 1.165) is 12.1 Å². The molecule has 13 nitrogen and oxygen atoms in total. The fourth-order valence-corrected chi connectivity index (χ4v) is 5.57. The smallest absolute Gasteiger partial charge is 0.326 e. The van der Waals surface area contributed by atoms with Crippen LogP contribution < -0.4 is 11.0 Å². The van der Waals surface area contributed by atoms with Crippen molar-refractivity contribution in [1.29, 1.82) is 0 Å². The number of hydrogen-bond acceptors (Lipinski definition) is 12. The van der Waals surface area contributed by atoms with E-state index < -0.39 is 35.7 Å². The number of benzene rings is 3. The minimum Gasteiger partial charge on any atom is -0.326 e. The number of aromatic nitrogens is 3. The van der Waals surface area contributed by atoms with Crippen molar-refractivity contribution >= 4 is 78.4 Å². The van der Waals surface area contributed by atoms with Gasteiger partial charge < -0.3 is 5.32 Å². The molecule has 0 aliphatic rings. The molecule has 1 heterocycles. The van der Waals surface area contributed by atoms with Crippen LogP contribution in [0.1, 0.15) is 0 Å². The zero-order valence-corrected chi connectivity index (χ0v) is 22.4. The SMILES string of the molecule is O=c1nc(SCCS)nc(Nc2ccc(N=Nc3cc(S(=O)(=O)O)c4cccc(S(=O)(=O)O)c4c3)cc2)[nH]1. The zero-order valence-electron chi connectivity index (χ0n) is 19.0. The molecular formula is C21H18N6O7S4. The van der Waals surface area contributed by atoms with Gasteiger partial charge >= 0.3 is 5.69 Å². The molecule has 0 saturated carbocycles. The molecular weight excluding hydrogens is 577 g/mol. The van der Waals surface area contributed by atoms with Crippen LogP contribution in [-0.4, -0.2) is 52.4 Å². The van der Waals surface area contributed by atoms with Gasteiger partial charge in [-0.25, -0.2) is 4.79 Å². The fourth-order valence-electron chi connectivity index (χ4n) is 3.29. The summed E-state index contributed by atoms with van der Waals surface area (Å²) in [5.74, 6) is 1.41. The number of aromatic amines is 1. The molecule has 0 saturated heterocycles. The number of thiol groups is 1. The number of hydrogen-bond donors (Lipinski definition) is 5. The Hall–Kier alpha value is -3.35. The monoisotopic (exact) mass is 594 g/mol. The Morgan fingerprint density at radius 2 is 1.58 bits per heavy atom. The first-order valence-corrected chi connectivity index (χ1v) is 15.0. The molecule has 1 aromatic heterocycles. The average Bonchev–Trinajstić information content (AvgIpc) is 2.84. The number of fused-ring (bicyclic) bond motifs is 1. The predicted octanol–water partition coefficient (Wildman–Crippen LogP) is 3.99. The van der Waals surface area contributed by atoms with Crippen molar-refractivity contribution in [2.75, 3.05) is 16.8 Å². The van der Waals surface area contributed by atoms with Crippen LogP contribution in [0.5, 0.6) is 0 Å². The molecule has 0 atom stereocenters. The molecule has 38 heavy (non-hydrogen) atoms. The van der Waals surface area contributed by atoms with E-state index in [1.807, 2.05) is 0 Å². The van der Waals surface area contributed by atoms with Gasteiger partial charge in [-0.05, 0) is 48.2 Å². The first kappa shape index (κ1) is 27.7. The number of nitrogens with one attached hydrogen (secondary N) is 2. The second-order valence-corrected chi connectivity index (χ2v) is 11.8. The Balaban J connectivity index is 1.63. The number of H-pyrrole nitrogens is 1. The van der Waals surface area contributed by atoms with Gasteiger partial charge in [0, 0.05) is 22.2 Å². The number of nitrogens with zero attached hydrogens (tertiary/aromatic N) is 4. The lowest BCUT2D eigenvalue weighted by atomic mass is 10.1. The lowest BCUT2D eigenvalue weighted by Gasteiger charge is -2.08. The van der Waals surface area contributed by atoms with Gasteiger partial charge in [0.2, 0.25) is 5.95 Å². The summed E-state index contributed by atoms with van der Waals surface area (Å²) in [6, 6.07) is 12.2.